The Kier molecular flexibility index (Phi) is 7.77. The lowest BCUT2D eigenvalue weighted by molar-refractivity contribution is 0.0355. The summed E-state index contributed by atoms with van der Waals surface area (Å²) in [6.45, 7) is 4.75. The van der Waals surface area contributed by atoms with E-state index >= 15 is 0 Å². The van der Waals surface area contributed by atoms with Crippen LogP contribution in [0.2, 0.25) is 0 Å². The van der Waals surface area contributed by atoms with Crippen LogP contribution in [0.25, 0.3) is 0 Å². The molecule has 1 saturated carbocycles. The number of hydrogen-bond acceptors (Lipinski definition) is 4. The molecule has 0 aromatic rings. The normalized spacial score (nSPS) is 26.3. The zero-order chi connectivity index (χ0) is 12.5. The van der Waals surface area contributed by atoms with Crippen molar-refractivity contribution < 1.29 is 14.9 Å². The second-order valence-electron chi connectivity index (χ2n) is 5.07. The van der Waals surface area contributed by atoms with Gasteiger partial charge < -0.3 is 20.3 Å². The first-order valence-corrected chi connectivity index (χ1v) is 6.87. The predicted octanol–water partition coefficient (Wildman–Crippen LogP) is 0.915. The molecule has 17 heavy (non-hydrogen) atoms. The molecule has 0 amide bonds. The predicted molar refractivity (Wildman–Crippen MR) is 68.0 cm³/mol. The number of nitrogens with one attached hydrogen (secondary N) is 1. The first-order valence-electron chi connectivity index (χ1n) is 6.87. The van der Waals surface area contributed by atoms with E-state index in [2.05, 4.69) is 12.2 Å². The minimum absolute atomic E-state index is 0.107. The van der Waals surface area contributed by atoms with Crippen LogP contribution < -0.4 is 5.32 Å². The Morgan fingerprint density at radius 1 is 1.41 bits per heavy atom. The molecule has 0 spiro atoms. The summed E-state index contributed by atoms with van der Waals surface area (Å²) in [5.74, 6) is 0.568. The van der Waals surface area contributed by atoms with Gasteiger partial charge in [0.15, 0.2) is 0 Å². The monoisotopic (exact) mass is 245 g/mol. The molecule has 0 heterocycles. The molecule has 0 saturated heterocycles. The van der Waals surface area contributed by atoms with Gasteiger partial charge in [-0.1, -0.05) is 13.3 Å². The van der Waals surface area contributed by atoms with Crippen LogP contribution in [0.4, 0.5) is 0 Å². The van der Waals surface area contributed by atoms with Crippen molar-refractivity contribution >= 4 is 0 Å². The van der Waals surface area contributed by atoms with E-state index < -0.39 is 6.10 Å². The molecular weight excluding hydrogens is 218 g/mol. The summed E-state index contributed by atoms with van der Waals surface area (Å²) < 4.78 is 5.35. The van der Waals surface area contributed by atoms with Gasteiger partial charge in [0.05, 0.1) is 18.8 Å². The van der Waals surface area contributed by atoms with E-state index in [1.165, 1.54) is 0 Å². The fraction of sp³-hybridized carbons (Fsp3) is 1.00. The number of unbranched alkanes of at least 4 members (excludes halogenated alkanes) is 1. The number of hydrogen-bond donors (Lipinski definition) is 3. The molecule has 0 aromatic carbocycles. The Hall–Kier alpha value is -0.160. The van der Waals surface area contributed by atoms with E-state index in [0.717, 1.165) is 45.3 Å². The van der Waals surface area contributed by atoms with Crippen molar-refractivity contribution in [3.8, 4) is 0 Å². The number of aliphatic hydroxyl groups excluding tert-OH is 2. The van der Waals surface area contributed by atoms with Crippen LogP contribution in [0.15, 0.2) is 0 Å². The quantitative estimate of drug-likeness (QED) is 0.529. The zero-order valence-corrected chi connectivity index (χ0v) is 10.9. The van der Waals surface area contributed by atoms with Crippen molar-refractivity contribution in [3.63, 3.8) is 0 Å². The minimum Gasteiger partial charge on any atom is -0.393 e. The van der Waals surface area contributed by atoms with Gasteiger partial charge >= 0.3 is 0 Å². The average Bonchev–Trinajstić information content (AvgIpc) is 2.71. The molecule has 1 fully saturated rings. The first kappa shape index (κ1) is 14.9. The first-order chi connectivity index (χ1) is 8.22. The Labute approximate surface area is 104 Å². The van der Waals surface area contributed by atoms with E-state index in [9.17, 15) is 10.2 Å². The molecule has 4 heteroatoms. The van der Waals surface area contributed by atoms with Crippen LogP contribution in [0.5, 0.6) is 0 Å². The van der Waals surface area contributed by atoms with Gasteiger partial charge in [-0.2, -0.15) is 0 Å². The SMILES string of the molecule is CCCCOCC(O)CNCC1CCC(O)C1. The lowest BCUT2D eigenvalue weighted by atomic mass is 10.1. The summed E-state index contributed by atoms with van der Waals surface area (Å²) in [4.78, 5) is 0. The fourth-order valence-corrected chi connectivity index (χ4v) is 2.21. The Bertz CT molecular complexity index is 190. The van der Waals surface area contributed by atoms with Crippen LogP contribution in [-0.4, -0.2) is 48.7 Å². The molecule has 0 aliphatic heterocycles. The van der Waals surface area contributed by atoms with Crippen molar-refractivity contribution in [1.82, 2.24) is 5.32 Å². The van der Waals surface area contributed by atoms with Gasteiger partial charge in [0, 0.05) is 13.2 Å². The van der Waals surface area contributed by atoms with Gasteiger partial charge in [0.25, 0.3) is 0 Å². The maximum atomic E-state index is 9.64. The van der Waals surface area contributed by atoms with E-state index in [-0.39, 0.29) is 6.10 Å². The molecule has 0 aromatic heterocycles. The molecule has 0 bridgehead atoms. The van der Waals surface area contributed by atoms with Gasteiger partial charge in [-0.25, -0.2) is 0 Å². The third kappa shape index (κ3) is 6.99. The summed E-state index contributed by atoms with van der Waals surface area (Å²) in [6.07, 6.45) is 4.57. The Morgan fingerprint density at radius 3 is 2.88 bits per heavy atom. The number of rotatable bonds is 9. The number of aliphatic hydroxyl groups is 2. The summed E-state index contributed by atoms with van der Waals surface area (Å²) in [6, 6.07) is 0. The van der Waals surface area contributed by atoms with E-state index in [1.54, 1.807) is 0 Å². The molecule has 1 aliphatic rings. The molecule has 3 N–H and O–H groups in total. The number of ether oxygens (including phenoxy) is 1. The third-order valence-corrected chi connectivity index (χ3v) is 3.28. The van der Waals surface area contributed by atoms with Crippen molar-refractivity contribution in [1.29, 1.82) is 0 Å². The maximum Gasteiger partial charge on any atom is 0.0897 e. The van der Waals surface area contributed by atoms with Crippen molar-refractivity contribution in [2.75, 3.05) is 26.3 Å². The topological polar surface area (TPSA) is 61.7 Å². The summed E-state index contributed by atoms with van der Waals surface area (Å²) >= 11 is 0. The third-order valence-electron chi connectivity index (χ3n) is 3.28. The van der Waals surface area contributed by atoms with Crippen LogP contribution in [0.3, 0.4) is 0 Å². The highest BCUT2D eigenvalue weighted by Crippen LogP contribution is 2.24. The van der Waals surface area contributed by atoms with Gasteiger partial charge in [0.1, 0.15) is 0 Å². The minimum atomic E-state index is -0.418. The van der Waals surface area contributed by atoms with Crippen LogP contribution in [-0.2, 0) is 4.74 Å². The van der Waals surface area contributed by atoms with Crippen LogP contribution in [0.1, 0.15) is 39.0 Å². The summed E-state index contributed by atoms with van der Waals surface area (Å²) in [7, 11) is 0. The molecule has 0 radical (unpaired) electrons. The van der Waals surface area contributed by atoms with E-state index in [4.69, 9.17) is 4.74 Å². The van der Waals surface area contributed by atoms with Crippen molar-refractivity contribution in [2.45, 2.75) is 51.2 Å². The van der Waals surface area contributed by atoms with Crippen LogP contribution >= 0.6 is 0 Å². The molecule has 102 valence electrons. The molecule has 4 nitrogen and oxygen atoms in total. The second-order valence-corrected chi connectivity index (χ2v) is 5.07. The molecular formula is C13H27NO3. The average molecular weight is 245 g/mol. The Balaban J connectivity index is 1.91. The van der Waals surface area contributed by atoms with Gasteiger partial charge in [-0.3, -0.25) is 0 Å². The largest absolute Gasteiger partial charge is 0.393 e. The lowest BCUT2D eigenvalue weighted by Gasteiger charge is -2.14. The standard InChI is InChI=1S/C13H27NO3/c1-2-3-6-17-10-13(16)9-14-8-11-4-5-12(15)7-11/h11-16H,2-10H2,1H3. The zero-order valence-electron chi connectivity index (χ0n) is 10.9. The Morgan fingerprint density at radius 2 is 2.24 bits per heavy atom. The van der Waals surface area contributed by atoms with E-state index in [0.29, 0.717) is 19.1 Å². The van der Waals surface area contributed by atoms with Crippen molar-refractivity contribution in [2.24, 2.45) is 5.92 Å². The second kappa shape index (κ2) is 8.86. The van der Waals surface area contributed by atoms with Gasteiger partial charge in [-0.05, 0) is 38.1 Å². The maximum absolute atomic E-state index is 9.64. The summed E-state index contributed by atoms with van der Waals surface area (Å²) in [5.41, 5.74) is 0. The molecule has 1 rings (SSSR count). The smallest absolute Gasteiger partial charge is 0.0897 e. The van der Waals surface area contributed by atoms with E-state index in [1.807, 2.05) is 0 Å². The highest BCUT2D eigenvalue weighted by atomic mass is 16.5. The highest BCUT2D eigenvalue weighted by Gasteiger charge is 2.22. The van der Waals surface area contributed by atoms with Crippen LogP contribution in [0, 0.1) is 5.92 Å². The lowest BCUT2D eigenvalue weighted by Crippen LogP contribution is -2.33. The fourth-order valence-electron chi connectivity index (χ4n) is 2.21. The molecule has 3 atom stereocenters. The molecule has 3 unspecified atom stereocenters. The highest BCUT2D eigenvalue weighted by molar-refractivity contribution is 4.76. The van der Waals surface area contributed by atoms with Gasteiger partial charge in [-0.15, -0.1) is 0 Å². The van der Waals surface area contributed by atoms with Gasteiger partial charge in [0.2, 0.25) is 0 Å². The summed E-state index contributed by atoms with van der Waals surface area (Å²) in [5, 5.41) is 22.3. The molecule has 1 aliphatic carbocycles. The van der Waals surface area contributed by atoms with Crippen molar-refractivity contribution in [3.05, 3.63) is 0 Å².